The number of hydrogen-bond donors (Lipinski definition) is 1. The normalized spacial score (nSPS) is 16.5. The number of carbonyl (C=O) groups excluding carboxylic acids is 1. The number of rotatable bonds is 1. The molecule has 5 heteroatoms. The standard InChI is InChI=1S/C12H16ClN3O/c1-8-5-10(14)9(13)6-11(8)16-4-3-15(2)12(17)7-16/h5-6H,3-4,7,14H2,1-2H3. The summed E-state index contributed by atoms with van der Waals surface area (Å²) < 4.78 is 0. The minimum atomic E-state index is 0.128. The number of aryl methyl sites for hydroxylation is 1. The number of anilines is 2. The van der Waals surface area contributed by atoms with Crippen LogP contribution in [0.1, 0.15) is 5.56 Å². The lowest BCUT2D eigenvalue weighted by atomic mass is 10.1. The van der Waals surface area contributed by atoms with Gasteiger partial charge in [-0.15, -0.1) is 0 Å². The number of nitrogens with zero attached hydrogens (tertiary/aromatic N) is 2. The van der Waals surface area contributed by atoms with Crippen molar-refractivity contribution in [2.45, 2.75) is 6.92 Å². The molecule has 0 atom stereocenters. The molecule has 1 aromatic carbocycles. The molecule has 1 heterocycles. The van der Waals surface area contributed by atoms with Gasteiger partial charge in [-0.3, -0.25) is 4.79 Å². The second kappa shape index (κ2) is 4.45. The van der Waals surface area contributed by atoms with Crippen LogP contribution in [0.5, 0.6) is 0 Å². The third kappa shape index (κ3) is 2.31. The van der Waals surface area contributed by atoms with Gasteiger partial charge in [-0.1, -0.05) is 11.6 Å². The van der Waals surface area contributed by atoms with Crippen molar-refractivity contribution in [2.24, 2.45) is 0 Å². The molecule has 0 radical (unpaired) electrons. The number of carbonyl (C=O) groups is 1. The molecule has 1 aromatic rings. The largest absolute Gasteiger partial charge is 0.398 e. The Hall–Kier alpha value is -1.42. The Morgan fingerprint density at radius 2 is 2.06 bits per heavy atom. The Balaban J connectivity index is 2.29. The summed E-state index contributed by atoms with van der Waals surface area (Å²) in [4.78, 5) is 15.5. The average Bonchev–Trinajstić information content (AvgIpc) is 2.27. The lowest BCUT2D eigenvalue weighted by Gasteiger charge is -2.34. The fraction of sp³-hybridized carbons (Fsp3) is 0.417. The SMILES string of the molecule is Cc1cc(N)c(Cl)cc1N1CCN(C)C(=O)C1. The molecule has 0 aliphatic carbocycles. The summed E-state index contributed by atoms with van der Waals surface area (Å²) in [6, 6.07) is 3.69. The molecule has 0 unspecified atom stereocenters. The van der Waals surface area contributed by atoms with E-state index in [1.807, 2.05) is 31.0 Å². The van der Waals surface area contributed by atoms with Gasteiger partial charge in [-0.25, -0.2) is 0 Å². The molecule has 1 saturated heterocycles. The van der Waals surface area contributed by atoms with Gasteiger partial charge in [0.2, 0.25) is 5.91 Å². The van der Waals surface area contributed by atoms with E-state index in [-0.39, 0.29) is 5.91 Å². The van der Waals surface area contributed by atoms with Gasteiger partial charge in [0, 0.05) is 25.8 Å². The maximum atomic E-state index is 11.7. The first-order valence-electron chi connectivity index (χ1n) is 5.53. The number of piperazine rings is 1. The van der Waals surface area contributed by atoms with E-state index in [1.54, 1.807) is 4.90 Å². The second-order valence-electron chi connectivity index (χ2n) is 4.40. The minimum Gasteiger partial charge on any atom is -0.398 e. The molecule has 0 spiro atoms. The summed E-state index contributed by atoms with van der Waals surface area (Å²) in [7, 11) is 1.82. The Morgan fingerprint density at radius 1 is 1.35 bits per heavy atom. The molecule has 4 nitrogen and oxygen atoms in total. The molecule has 1 aliphatic heterocycles. The van der Waals surface area contributed by atoms with Gasteiger partial charge in [0.15, 0.2) is 0 Å². The first-order valence-corrected chi connectivity index (χ1v) is 5.91. The van der Waals surface area contributed by atoms with Crippen molar-refractivity contribution >= 4 is 28.9 Å². The summed E-state index contributed by atoms with van der Waals surface area (Å²) in [6.07, 6.45) is 0. The number of nitrogen functional groups attached to an aromatic ring is 1. The van der Waals surface area contributed by atoms with Gasteiger partial charge in [0.05, 0.1) is 17.3 Å². The average molecular weight is 254 g/mol. The highest BCUT2D eigenvalue weighted by Crippen LogP contribution is 2.29. The van der Waals surface area contributed by atoms with Crippen LogP contribution in [0.4, 0.5) is 11.4 Å². The van der Waals surface area contributed by atoms with E-state index >= 15 is 0 Å². The highest BCUT2D eigenvalue weighted by molar-refractivity contribution is 6.33. The van der Waals surface area contributed by atoms with Crippen LogP contribution in [0.15, 0.2) is 12.1 Å². The van der Waals surface area contributed by atoms with Gasteiger partial charge in [-0.2, -0.15) is 0 Å². The highest BCUT2D eigenvalue weighted by Gasteiger charge is 2.22. The summed E-state index contributed by atoms with van der Waals surface area (Å²) in [5.41, 5.74) is 8.36. The topological polar surface area (TPSA) is 49.6 Å². The minimum absolute atomic E-state index is 0.128. The van der Waals surface area contributed by atoms with Crippen molar-refractivity contribution in [1.29, 1.82) is 0 Å². The summed E-state index contributed by atoms with van der Waals surface area (Å²) in [6.45, 7) is 3.94. The Morgan fingerprint density at radius 3 is 2.71 bits per heavy atom. The number of likely N-dealkylation sites (N-methyl/N-ethyl adjacent to an activating group) is 1. The molecule has 0 saturated carbocycles. The summed E-state index contributed by atoms with van der Waals surface area (Å²) in [5.74, 6) is 0.128. The van der Waals surface area contributed by atoms with E-state index in [0.29, 0.717) is 17.3 Å². The van der Waals surface area contributed by atoms with Gasteiger partial charge < -0.3 is 15.5 Å². The van der Waals surface area contributed by atoms with Gasteiger partial charge in [0.25, 0.3) is 0 Å². The van der Waals surface area contributed by atoms with Crippen LogP contribution < -0.4 is 10.6 Å². The van der Waals surface area contributed by atoms with Gasteiger partial charge >= 0.3 is 0 Å². The third-order valence-electron chi connectivity index (χ3n) is 3.11. The van der Waals surface area contributed by atoms with Crippen LogP contribution in [0.25, 0.3) is 0 Å². The van der Waals surface area contributed by atoms with E-state index < -0.39 is 0 Å². The summed E-state index contributed by atoms with van der Waals surface area (Å²) >= 11 is 6.02. The monoisotopic (exact) mass is 253 g/mol. The Bertz CT molecular complexity index is 461. The molecule has 0 aromatic heterocycles. The zero-order valence-corrected chi connectivity index (χ0v) is 10.8. The fourth-order valence-electron chi connectivity index (χ4n) is 2.00. The molecular formula is C12H16ClN3O. The second-order valence-corrected chi connectivity index (χ2v) is 4.80. The fourth-order valence-corrected chi connectivity index (χ4v) is 2.16. The lowest BCUT2D eigenvalue weighted by molar-refractivity contribution is -0.129. The zero-order chi connectivity index (χ0) is 12.6. The molecule has 17 heavy (non-hydrogen) atoms. The van der Waals surface area contributed by atoms with Crippen LogP contribution in [-0.2, 0) is 4.79 Å². The molecule has 0 bridgehead atoms. The predicted octanol–water partition coefficient (Wildman–Crippen LogP) is 1.51. The van der Waals surface area contributed by atoms with Crippen molar-refractivity contribution in [3.63, 3.8) is 0 Å². The molecule has 1 fully saturated rings. The van der Waals surface area contributed by atoms with Crippen LogP contribution in [-0.4, -0.2) is 37.5 Å². The Kier molecular flexibility index (Phi) is 3.15. The maximum Gasteiger partial charge on any atom is 0.241 e. The quantitative estimate of drug-likeness (QED) is 0.772. The van der Waals surface area contributed by atoms with E-state index in [0.717, 1.165) is 24.3 Å². The van der Waals surface area contributed by atoms with E-state index in [2.05, 4.69) is 0 Å². The molecule has 1 aliphatic rings. The van der Waals surface area contributed by atoms with Crippen LogP contribution >= 0.6 is 11.6 Å². The van der Waals surface area contributed by atoms with Crippen LogP contribution in [0.3, 0.4) is 0 Å². The number of amides is 1. The molecule has 2 N–H and O–H groups in total. The molecular weight excluding hydrogens is 238 g/mol. The van der Waals surface area contributed by atoms with Gasteiger partial charge in [-0.05, 0) is 24.6 Å². The van der Waals surface area contributed by atoms with E-state index in [1.165, 1.54) is 0 Å². The zero-order valence-electron chi connectivity index (χ0n) is 10.0. The number of nitrogens with two attached hydrogens (primary N) is 1. The lowest BCUT2D eigenvalue weighted by Crippen LogP contribution is -2.48. The van der Waals surface area contributed by atoms with E-state index in [4.69, 9.17) is 17.3 Å². The van der Waals surface area contributed by atoms with Crippen molar-refractivity contribution in [3.05, 3.63) is 22.7 Å². The number of benzene rings is 1. The number of hydrogen-bond acceptors (Lipinski definition) is 3. The van der Waals surface area contributed by atoms with Crippen molar-refractivity contribution < 1.29 is 4.79 Å². The number of halogens is 1. The Labute approximate surface area is 106 Å². The van der Waals surface area contributed by atoms with Crippen molar-refractivity contribution in [3.8, 4) is 0 Å². The van der Waals surface area contributed by atoms with E-state index in [9.17, 15) is 4.79 Å². The smallest absolute Gasteiger partial charge is 0.241 e. The summed E-state index contributed by atoms with van der Waals surface area (Å²) in [5, 5.41) is 0.539. The maximum absolute atomic E-state index is 11.7. The van der Waals surface area contributed by atoms with Crippen LogP contribution in [0.2, 0.25) is 5.02 Å². The molecule has 2 rings (SSSR count). The van der Waals surface area contributed by atoms with Crippen molar-refractivity contribution in [1.82, 2.24) is 4.90 Å². The molecule has 1 amide bonds. The van der Waals surface area contributed by atoms with Gasteiger partial charge in [0.1, 0.15) is 0 Å². The first-order chi connectivity index (χ1) is 7.99. The third-order valence-corrected chi connectivity index (χ3v) is 3.44. The van der Waals surface area contributed by atoms with Crippen LogP contribution in [0, 0.1) is 6.92 Å². The van der Waals surface area contributed by atoms with Crippen molar-refractivity contribution in [2.75, 3.05) is 37.3 Å². The highest BCUT2D eigenvalue weighted by atomic mass is 35.5. The molecule has 92 valence electrons. The first kappa shape index (κ1) is 12.0. The predicted molar refractivity (Wildman–Crippen MR) is 70.5 cm³/mol.